The Balaban J connectivity index is 2.75. The molecule has 0 bridgehead atoms. The van der Waals surface area contributed by atoms with Gasteiger partial charge < -0.3 is 10.8 Å². The molecule has 0 saturated heterocycles. The van der Waals surface area contributed by atoms with Crippen LogP contribution in [0.5, 0.6) is 0 Å². The highest BCUT2D eigenvalue weighted by Gasteiger charge is 2.31. The average molecular weight is 148 g/mol. The fourth-order valence-corrected chi connectivity index (χ4v) is 1.37. The van der Waals surface area contributed by atoms with E-state index in [1.807, 2.05) is 0 Å². The van der Waals surface area contributed by atoms with E-state index in [1.54, 1.807) is 0 Å². The summed E-state index contributed by atoms with van der Waals surface area (Å²) in [5.74, 6) is 0. The Morgan fingerprint density at radius 1 is 1.78 bits per heavy atom. The molecule has 1 aliphatic carbocycles. The molecule has 0 spiro atoms. The number of nitrogens with two attached hydrogens (primary N) is 1. The summed E-state index contributed by atoms with van der Waals surface area (Å²) in [6, 6.07) is 0. The molecule has 3 heteroatoms. The Morgan fingerprint density at radius 3 is 2.67 bits per heavy atom. The first-order valence-corrected chi connectivity index (χ1v) is 3.41. The lowest BCUT2D eigenvalue weighted by Crippen LogP contribution is -2.37. The van der Waals surface area contributed by atoms with Crippen LogP contribution in [0.4, 0.5) is 0 Å². The molecule has 0 aromatic heterocycles. The molecule has 0 aromatic rings. The highest BCUT2D eigenvalue weighted by atomic mass is 35.5. The van der Waals surface area contributed by atoms with Crippen LogP contribution in [0, 0.1) is 0 Å². The standard InChI is InChI=1S/C6H10ClNO/c7-4-5-2-1-3-6(5,8)9/h4,9H,1-3,8H2. The van der Waals surface area contributed by atoms with Crippen LogP contribution in [0.3, 0.4) is 0 Å². The first-order chi connectivity index (χ1) is 4.17. The summed E-state index contributed by atoms with van der Waals surface area (Å²) in [4.78, 5) is 0. The van der Waals surface area contributed by atoms with Gasteiger partial charge in [-0.15, -0.1) is 0 Å². The lowest BCUT2D eigenvalue weighted by atomic mass is 10.1. The maximum atomic E-state index is 9.28. The molecule has 1 atom stereocenters. The number of aliphatic hydroxyl groups is 1. The Labute approximate surface area is 59.3 Å². The summed E-state index contributed by atoms with van der Waals surface area (Å²) in [5, 5.41) is 9.28. The summed E-state index contributed by atoms with van der Waals surface area (Å²) in [7, 11) is 0. The van der Waals surface area contributed by atoms with E-state index < -0.39 is 5.72 Å². The first-order valence-electron chi connectivity index (χ1n) is 2.98. The van der Waals surface area contributed by atoms with Crippen LogP contribution in [-0.2, 0) is 0 Å². The van der Waals surface area contributed by atoms with Crippen molar-refractivity contribution in [3.8, 4) is 0 Å². The second-order valence-electron chi connectivity index (χ2n) is 2.41. The lowest BCUT2D eigenvalue weighted by Gasteiger charge is -2.16. The molecule has 0 radical (unpaired) electrons. The summed E-state index contributed by atoms with van der Waals surface area (Å²) >= 11 is 5.39. The minimum absolute atomic E-state index is 0.631. The highest BCUT2D eigenvalue weighted by Crippen LogP contribution is 2.30. The predicted molar refractivity (Wildman–Crippen MR) is 36.9 cm³/mol. The minimum atomic E-state index is -1.11. The fourth-order valence-electron chi connectivity index (χ4n) is 1.07. The van der Waals surface area contributed by atoms with E-state index in [-0.39, 0.29) is 0 Å². The highest BCUT2D eigenvalue weighted by molar-refractivity contribution is 6.25. The molecule has 0 aromatic carbocycles. The third kappa shape index (κ3) is 1.26. The number of hydrogen-bond donors (Lipinski definition) is 2. The monoisotopic (exact) mass is 147 g/mol. The molecule has 52 valence electrons. The average Bonchev–Trinajstić information content (AvgIpc) is 2.08. The maximum Gasteiger partial charge on any atom is 0.136 e. The number of rotatable bonds is 0. The van der Waals surface area contributed by atoms with Gasteiger partial charge in [-0.25, -0.2) is 0 Å². The van der Waals surface area contributed by atoms with Crippen molar-refractivity contribution in [2.24, 2.45) is 5.73 Å². The second-order valence-corrected chi connectivity index (χ2v) is 2.63. The van der Waals surface area contributed by atoms with E-state index in [0.717, 1.165) is 18.4 Å². The van der Waals surface area contributed by atoms with Crippen LogP contribution < -0.4 is 5.73 Å². The van der Waals surface area contributed by atoms with E-state index in [4.69, 9.17) is 17.3 Å². The van der Waals surface area contributed by atoms with Crippen LogP contribution in [0.15, 0.2) is 11.1 Å². The quantitative estimate of drug-likeness (QED) is 0.501. The van der Waals surface area contributed by atoms with Gasteiger partial charge in [-0.3, -0.25) is 0 Å². The van der Waals surface area contributed by atoms with Crippen LogP contribution in [0.1, 0.15) is 19.3 Å². The molecule has 3 N–H and O–H groups in total. The number of halogens is 1. The van der Waals surface area contributed by atoms with Crippen molar-refractivity contribution >= 4 is 11.6 Å². The van der Waals surface area contributed by atoms with Gasteiger partial charge in [0, 0.05) is 5.54 Å². The predicted octanol–water partition coefficient (Wildman–Crippen LogP) is 0.940. The second kappa shape index (κ2) is 2.29. The Hall–Kier alpha value is -0.0500. The van der Waals surface area contributed by atoms with E-state index in [0.29, 0.717) is 6.42 Å². The third-order valence-electron chi connectivity index (χ3n) is 1.69. The topological polar surface area (TPSA) is 46.2 Å². The molecule has 1 unspecified atom stereocenters. The van der Waals surface area contributed by atoms with Gasteiger partial charge in [0.1, 0.15) is 5.72 Å². The lowest BCUT2D eigenvalue weighted by molar-refractivity contribution is 0.0927. The van der Waals surface area contributed by atoms with Crippen molar-refractivity contribution in [1.29, 1.82) is 0 Å². The van der Waals surface area contributed by atoms with Crippen LogP contribution in [-0.4, -0.2) is 10.8 Å². The van der Waals surface area contributed by atoms with Crippen molar-refractivity contribution in [2.75, 3.05) is 0 Å². The van der Waals surface area contributed by atoms with Crippen molar-refractivity contribution in [1.82, 2.24) is 0 Å². The van der Waals surface area contributed by atoms with Gasteiger partial charge in [0.15, 0.2) is 0 Å². The van der Waals surface area contributed by atoms with E-state index in [1.165, 1.54) is 5.54 Å². The zero-order chi connectivity index (χ0) is 6.91. The largest absolute Gasteiger partial charge is 0.372 e. The molecule has 1 aliphatic rings. The van der Waals surface area contributed by atoms with Crippen molar-refractivity contribution < 1.29 is 5.11 Å². The van der Waals surface area contributed by atoms with Gasteiger partial charge in [0.25, 0.3) is 0 Å². The normalized spacial score (nSPS) is 40.1. The zero-order valence-electron chi connectivity index (χ0n) is 5.10. The molecule has 0 aliphatic heterocycles. The molecule has 1 fully saturated rings. The summed E-state index contributed by atoms with van der Waals surface area (Å²) in [6.07, 6.45) is 2.40. The summed E-state index contributed by atoms with van der Waals surface area (Å²) < 4.78 is 0. The molecule has 0 heterocycles. The Bertz CT molecular complexity index is 142. The molecular formula is C6H10ClNO. The van der Waals surface area contributed by atoms with E-state index in [9.17, 15) is 5.11 Å². The van der Waals surface area contributed by atoms with Crippen LogP contribution in [0.25, 0.3) is 0 Å². The molecular weight excluding hydrogens is 138 g/mol. The van der Waals surface area contributed by atoms with Gasteiger partial charge in [-0.1, -0.05) is 11.6 Å². The van der Waals surface area contributed by atoms with Crippen LogP contribution in [0.2, 0.25) is 0 Å². The molecule has 2 nitrogen and oxygen atoms in total. The number of hydrogen-bond acceptors (Lipinski definition) is 2. The van der Waals surface area contributed by atoms with Crippen molar-refractivity contribution in [3.63, 3.8) is 0 Å². The fraction of sp³-hybridized carbons (Fsp3) is 0.667. The summed E-state index contributed by atoms with van der Waals surface area (Å²) in [5.41, 5.74) is 6.46. The minimum Gasteiger partial charge on any atom is -0.372 e. The molecule has 0 amide bonds. The van der Waals surface area contributed by atoms with Gasteiger partial charge >= 0.3 is 0 Å². The van der Waals surface area contributed by atoms with Crippen molar-refractivity contribution in [3.05, 3.63) is 11.1 Å². The smallest absolute Gasteiger partial charge is 0.136 e. The maximum absolute atomic E-state index is 9.28. The third-order valence-corrected chi connectivity index (χ3v) is 1.96. The first kappa shape index (κ1) is 7.06. The van der Waals surface area contributed by atoms with Gasteiger partial charge in [0.05, 0.1) is 0 Å². The van der Waals surface area contributed by atoms with Gasteiger partial charge in [-0.05, 0) is 24.8 Å². The molecule has 1 rings (SSSR count). The van der Waals surface area contributed by atoms with Gasteiger partial charge in [0.2, 0.25) is 0 Å². The van der Waals surface area contributed by atoms with Crippen molar-refractivity contribution in [2.45, 2.75) is 25.0 Å². The molecule has 9 heavy (non-hydrogen) atoms. The zero-order valence-corrected chi connectivity index (χ0v) is 5.86. The van der Waals surface area contributed by atoms with E-state index in [2.05, 4.69) is 0 Å². The van der Waals surface area contributed by atoms with Crippen LogP contribution >= 0.6 is 11.6 Å². The Kier molecular flexibility index (Phi) is 1.80. The Morgan fingerprint density at radius 2 is 2.44 bits per heavy atom. The molecule has 1 saturated carbocycles. The summed E-state index contributed by atoms with van der Waals surface area (Å²) in [6.45, 7) is 0. The van der Waals surface area contributed by atoms with E-state index >= 15 is 0 Å². The SMILES string of the molecule is NC1(O)CCCC1=CCl. The van der Waals surface area contributed by atoms with Gasteiger partial charge in [-0.2, -0.15) is 0 Å².